The van der Waals surface area contributed by atoms with Gasteiger partial charge in [-0.15, -0.1) is 0 Å². The predicted octanol–water partition coefficient (Wildman–Crippen LogP) is 3.72. The van der Waals surface area contributed by atoms with Gasteiger partial charge in [-0.1, -0.05) is 0 Å². The van der Waals surface area contributed by atoms with Crippen molar-refractivity contribution in [2.45, 2.75) is 51.3 Å². The smallest absolute Gasteiger partial charge is 0.317 e. The van der Waals surface area contributed by atoms with Crippen LogP contribution in [0.2, 0.25) is 0 Å². The first-order valence-corrected chi connectivity index (χ1v) is 13.8. The normalized spacial score (nSPS) is 25.8. The lowest BCUT2D eigenvalue weighted by Crippen LogP contribution is -2.54. The van der Waals surface area contributed by atoms with Crippen LogP contribution in [0.25, 0.3) is 16.6 Å². The largest absolute Gasteiger partial charge is 0.460 e. The molecule has 4 aromatic rings. The molecular formula is C29H32FN7O3. The molecule has 6 heterocycles. The molecule has 8 rings (SSSR count). The summed E-state index contributed by atoms with van der Waals surface area (Å²) in [5.41, 5.74) is 2.76. The third-order valence-corrected chi connectivity index (χ3v) is 8.14. The molecule has 4 fully saturated rings. The lowest BCUT2D eigenvalue weighted by Gasteiger charge is -2.38. The number of imidazole rings is 1. The number of benzene rings is 1. The Morgan fingerprint density at radius 3 is 2.77 bits per heavy atom. The molecule has 2 atom stereocenters. The number of pyridine rings is 1. The number of anilines is 2. The number of rotatable bonds is 6. The number of nitrogens with one attached hydrogen (secondary N) is 2. The van der Waals surface area contributed by atoms with E-state index in [9.17, 15) is 9.18 Å². The van der Waals surface area contributed by atoms with Crippen LogP contribution in [0.15, 0.2) is 36.8 Å². The molecular weight excluding hydrogens is 513 g/mol. The quantitative estimate of drug-likeness (QED) is 0.378. The Kier molecular flexibility index (Phi) is 5.90. The Bertz CT molecular complexity index is 1620. The van der Waals surface area contributed by atoms with Gasteiger partial charge in [0, 0.05) is 60.9 Å². The molecule has 40 heavy (non-hydrogen) atoms. The van der Waals surface area contributed by atoms with E-state index in [1.807, 2.05) is 6.07 Å². The zero-order valence-electron chi connectivity index (χ0n) is 22.8. The molecule has 10 nitrogen and oxygen atoms in total. The van der Waals surface area contributed by atoms with E-state index in [0.29, 0.717) is 47.1 Å². The highest BCUT2D eigenvalue weighted by Crippen LogP contribution is 2.48. The van der Waals surface area contributed by atoms with Gasteiger partial charge in [0.25, 0.3) is 5.91 Å². The molecule has 3 aromatic heterocycles. The predicted molar refractivity (Wildman–Crippen MR) is 149 cm³/mol. The van der Waals surface area contributed by atoms with Crippen molar-refractivity contribution in [1.82, 2.24) is 24.7 Å². The minimum Gasteiger partial charge on any atom is -0.460 e. The lowest BCUT2D eigenvalue weighted by atomic mass is 9.75. The van der Waals surface area contributed by atoms with E-state index in [4.69, 9.17) is 14.5 Å². The van der Waals surface area contributed by atoms with Gasteiger partial charge in [-0.05, 0) is 51.7 Å². The van der Waals surface area contributed by atoms with E-state index in [-0.39, 0.29) is 17.3 Å². The zero-order chi connectivity index (χ0) is 27.6. The fraction of sp³-hybridized carbons (Fsp3) is 0.448. The SMILES string of the molecule is Cc1cn2cc(NC(=O)c3ccc(N4CC(C)NC(C)C4)c4cnc(OCC56CC(CO5)C6)nc34)cc(F)c2n1. The van der Waals surface area contributed by atoms with E-state index >= 15 is 0 Å². The summed E-state index contributed by atoms with van der Waals surface area (Å²) in [7, 11) is 0. The number of ether oxygens (including phenoxy) is 2. The van der Waals surface area contributed by atoms with Gasteiger partial charge < -0.3 is 29.4 Å². The second-order valence-electron chi connectivity index (χ2n) is 11.6. The molecule has 3 saturated heterocycles. The summed E-state index contributed by atoms with van der Waals surface area (Å²) < 4.78 is 28.2. The molecule has 4 aliphatic rings. The molecule has 3 aliphatic heterocycles. The molecule has 2 bridgehead atoms. The van der Waals surface area contributed by atoms with Gasteiger partial charge in [0.05, 0.1) is 29.1 Å². The van der Waals surface area contributed by atoms with Crippen LogP contribution in [-0.2, 0) is 4.74 Å². The van der Waals surface area contributed by atoms with Crippen molar-refractivity contribution in [2.24, 2.45) is 5.92 Å². The number of halogens is 1. The third-order valence-electron chi connectivity index (χ3n) is 8.14. The maximum atomic E-state index is 14.7. The first-order valence-electron chi connectivity index (χ1n) is 13.8. The Morgan fingerprint density at radius 2 is 2.02 bits per heavy atom. The van der Waals surface area contributed by atoms with Crippen LogP contribution in [0.4, 0.5) is 15.8 Å². The molecule has 2 unspecified atom stereocenters. The van der Waals surface area contributed by atoms with Gasteiger partial charge >= 0.3 is 6.01 Å². The number of carbonyl (C=O) groups excluding carboxylic acids is 1. The Labute approximate surface area is 230 Å². The van der Waals surface area contributed by atoms with Crippen molar-refractivity contribution in [3.63, 3.8) is 0 Å². The van der Waals surface area contributed by atoms with Gasteiger partial charge in [0.2, 0.25) is 0 Å². The van der Waals surface area contributed by atoms with E-state index in [0.717, 1.165) is 43.6 Å². The van der Waals surface area contributed by atoms with Crippen LogP contribution in [-0.4, -0.2) is 69.2 Å². The van der Waals surface area contributed by atoms with Crippen molar-refractivity contribution in [1.29, 1.82) is 0 Å². The second kappa shape index (κ2) is 9.38. The summed E-state index contributed by atoms with van der Waals surface area (Å²) in [5.74, 6) is -0.297. The van der Waals surface area contributed by atoms with Crippen LogP contribution in [0.1, 0.15) is 42.7 Å². The maximum absolute atomic E-state index is 14.7. The zero-order valence-corrected chi connectivity index (χ0v) is 22.8. The van der Waals surface area contributed by atoms with Crippen molar-refractivity contribution in [3.8, 4) is 6.01 Å². The molecule has 1 aliphatic carbocycles. The molecule has 11 heteroatoms. The highest BCUT2D eigenvalue weighted by molar-refractivity contribution is 6.13. The van der Waals surface area contributed by atoms with Crippen LogP contribution >= 0.6 is 0 Å². The fourth-order valence-corrected chi connectivity index (χ4v) is 6.47. The maximum Gasteiger partial charge on any atom is 0.317 e. The Morgan fingerprint density at radius 1 is 1.23 bits per heavy atom. The first-order chi connectivity index (χ1) is 19.2. The minimum atomic E-state index is -0.516. The number of fused-ring (bicyclic) bond motifs is 3. The van der Waals surface area contributed by atoms with Gasteiger partial charge in [-0.25, -0.2) is 14.4 Å². The van der Waals surface area contributed by atoms with Crippen LogP contribution in [0.3, 0.4) is 0 Å². The molecule has 208 valence electrons. The van der Waals surface area contributed by atoms with Crippen molar-refractivity contribution in [3.05, 3.63) is 53.9 Å². The van der Waals surface area contributed by atoms with E-state index in [1.165, 1.54) is 6.07 Å². The van der Waals surface area contributed by atoms with E-state index in [1.54, 1.807) is 36.0 Å². The fourth-order valence-electron chi connectivity index (χ4n) is 6.47. The van der Waals surface area contributed by atoms with Gasteiger partial charge in [-0.2, -0.15) is 4.98 Å². The lowest BCUT2D eigenvalue weighted by molar-refractivity contribution is -0.0379. The van der Waals surface area contributed by atoms with Gasteiger partial charge in [-0.3, -0.25) is 4.79 Å². The highest BCUT2D eigenvalue weighted by Gasteiger charge is 2.52. The third kappa shape index (κ3) is 4.43. The standard InChI is InChI=1S/C29H32FN7O3/c1-16-10-36(11-17(2)32-16)24-5-4-21(27(38)34-20-6-23(30)26-33-18(3)12-37(26)13-20)25-22(24)9-31-28(35-25)39-15-29-7-19(8-29)14-40-29/h4-6,9,12-13,16-17,19,32H,7-8,10-11,14-15H2,1-3H3,(H,34,38). The van der Waals surface area contributed by atoms with Crippen molar-refractivity contribution in [2.75, 3.05) is 36.5 Å². The molecule has 2 N–H and O–H groups in total. The Balaban J connectivity index is 1.24. The summed E-state index contributed by atoms with van der Waals surface area (Å²) in [4.78, 5) is 29.3. The monoisotopic (exact) mass is 545 g/mol. The molecule has 0 radical (unpaired) electrons. The molecule has 1 aromatic carbocycles. The topological polar surface area (TPSA) is 106 Å². The van der Waals surface area contributed by atoms with Crippen LogP contribution in [0, 0.1) is 18.7 Å². The number of aryl methyl sites for hydroxylation is 1. The van der Waals surface area contributed by atoms with Gasteiger partial charge in [0.15, 0.2) is 11.5 Å². The number of hydrogen-bond donors (Lipinski definition) is 2. The summed E-state index contributed by atoms with van der Waals surface area (Å²) in [5, 5.41) is 7.16. The number of amides is 1. The summed E-state index contributed by atoms with van der Waals surface area (Å²) in [6.07, 6.45) is 7.08. The highest BCUT2D eigenvalue weighted by atomic mass is 19.1. The average molecular weight is 546 g/mol. The number of aromatic nitrogens is 4. The first kappa shape index (κ1) is 25.2. The minimum absolute atomic E-state index is 0.204. The molecule has 0 spiro atoms. The van der Waals surface area contributed by atoms with Crippen LogP contribution in [0.5, 0.6) is 6.01 Å². The van der Waals surface area contributed by atoms with Crippen molar-refractivity contribution < 1.29 is 18.7 Å². The number of carbonyl (C=O) groups is 1. The van der Waals surface area contributed by atoms with E-state index < -0.39 is 11.7 Å². The number of hydrogen-bond acceptors (Lipinski definition) is 8. The summed E-state index contributed by atoms with van der Waals surface area (Å²) in [6.45, 7) is 8.89. The van der Waals surface area contributed by atoms with E-state index in [2.05, 4.69) is 39.3 Å². The van der Waals surface area contributed by atoms with Gasteiger partial charge in [0.1, 0.15) is 12.2 Å². The number of nitrogens with zero attached hydrogens (tertiary/aromatic N) is 5. The molecule has 1 saturated carbocycles. The Hall–Kier alpha value is -3.83. The van der Waals surface area contributed by atoms with Crippen molar-refractivity contribution >= 4 is 33.8 Å². The number of piperazine rings is 1. The molecule has 1 amide bonds. The summed E-state index contributed by atoms with van der Waals surface area (Å²) >= 11 is 0. The van der Waals surface area contributed by atoms with Crippen LogP contribution < -0.4 is 20.3 Å². The second-order valence-corrected chi connectivity index (χ2v) is 11.6. The average Bonchev–Trinajstić information content (AvgIpc) is 3.60. The summed E-state index contributed by atoms with van der Waals surface area (Å²) in [6, 6.07) is 5.80.